The lowest BCUT2D eigenvalue weighted by atomic mass is 10.4. The summed E-state index contributed by atoms with van der Waals surface area (Å²) in [5, 5.41) is 8.39. The molecule has 5 nitrogen and oxygen atoms in total. The van der Waals surface area contributed by atoms with Gasteiger partial charge in [-0.3, -0.25) is 4.98 Å². The molecule has 1 fully saturated rings. The number of carboxylic acid groups (broad SMARTS) is 1. The number of halogens is 1. The minimum Gasteiger partial charge on any atom is -0.476 e. The van der Waals surface area contributed by atoms with Gasteiger partial charge in [0, 0.05) is 13.2 Å². The van der Waals surface area contributed by atoms with E-state index in [-0.39, 0.29) is 5.69 Å². The van der Waals surface area contributed by atoms with E-state index in [4.69, 9.17) is 9.84 Å². The second-order valence-corrected chi connectivity index (χ2v) is 3.66. The van der Waals surface area contributed by atoms with Gasteiger partial charge in [-0.1, -0.05) is 0 Å². The Balaban J connectivity index is 0.000000187. The summed E-state index contributed by atoms with van der Waals surface area (Å²) in [6.07, 6.45) is 5.17. The first-order chi connectivity index (χ1) is 7.20. The Kier molecular flexibility index (Phi) is 5.20. The molecule has 1 aliphatic heterocycles. The number of aromatic nitrogens is 2. The molecule has 1 aromatic heterocycles. The molecule has 1 aromatic rings. The monoisotopic (exact) mass is 274 g/mol. The van der Waals surface area contributed by atoms with Crippen LogP contribution in [0.5, 0.6) is 0 Å². The van der Waals surface area contributed by atoms with Crippen molar-refractivity contribution in [3.63, 3.8) is 0 Å². The highest BCUT2D eigenvalue weighted by atomic mass is 79.9. The Hall–Kier alpha value is -1.01. The molecule has 2 heterocycles. The first-order valence-corrected chi connectivity index (χ1v) is 5.28. The smallest absolute Gasteiger partial charge is 0.356 e. The minimum atomic E-state index is -1.08. The summed E-state index contributed by atoms with van der Waals surface area (Å²) in [6, 6.07) is 0. The number of nitrogens with zero attached hydrogens (tertiary/aromatic N) is 2. The molecule has 0 bridgehead atoms. The number of rotatable bonds is 1. The van der Waals surface area contributed by atoms with Crippen molar-refractivity contribution in [1.29, 1.82) is 0 Å². The molecule has 1 aliphatic rings. The zero-order valence-electron chi connectivity index (χ0n) is 8.02. The van der Waals surface area contributed by atoms with E-state index in [0.717, 1.165) is 13.2 Å². The molecule has 0 spiro atoms. The average Bonchev–Trinajstić information content (AvgIpc) is 2.75. The summed E-state index contributed by atoms with van der Waals surface area (Å²) in [7, 11) is 0. The molecule has 0 atom stereocenters. The van der Waals surface area contributed by atoms with E-state index in [1.807, 2.05) is 0 Å². The Morgan fingerprint density at radius 3 is 2.40 bits per heavy atom. The van der Waals surface area contributed by atoms with Crippen molar-refractivity contribution in [2.75, 3.05) is 13.2 Å². The number of ether oxygens (including phenoxy) is 1. The van der Waals surface area contributed by atoms with E-state index in [1.165, 1.54) is 25.2 Å². The zero-order chi connectivity index (χ0) is 11.1. The molecule has 0 unspecified atom stereocenters. The van der Waals surface area contributed by atoms with Crippen LogP contribution in [0.15, 0.2) is 17.0 Å². The lowest BCUT2D eigenvalue weighted by Crippen LogP contribution is -2.00. The normalized spacial score (nSPS) is 14.2. The van der Waals surface area contributed by atoms with Crippen molar-refractivity contribution in [3.8, 4) is 0 Å². The van der Waals surface area contributed by atoms with Crippen molar-refractivity contribution < 1.29 is 14.6 Å². The fraction of sp³-hybridized carbons (Fsp3) is 0.444. The molecule has 6 heteroatoms. The van der Waals surface area contributed by atoms with Crippen LogP contribution in [0.1, 0.15) is 23.3 Å². The Morgan fingerprint density at radius 1 is 1.40 bits per heavy atom. The molecular weight excluding hydrogens is 264 g/mol. The summed E-state index contributed by atoms with van der Waals surface area (Å²) in [4.78, 5) is 17.5. The van der Waals surface area contributed by atoms with E-state index in [0.29, 0.717) is 4.60 Å². The molecule has 1 N–H and O–H groups in total. The van der Waals surface area contributed by atoms with Crippen molar-refractivity contribution in [1.82, 2.24) is 9.97 Å². The van der Waals surface area contributed by atoms with Gasteiger partial charge < -0.3 is 9.84 Å². The largest absolute Gasteiger partial charge is 0.476 e. The SMILES string of the molecule is C1CCOC1.O=C(O)c1cncc(Br)n1. The third kappa shape index (κ3) is 4.85. The summed E-state index contributed by atoms with van der Waals surface area (Å²) in [6.45, 7) is 2.00. The van der Waals surface area contributed by atoms with Crippen LogP contribution in [0.3, 0.4) is 0 Å². The highest BCUT2D eigenvalue weighted by Crippen LogP contribution is 2.02. The summed E-state index contributed by atoms with van der Waals surface area (Å²) < 4.78 is 5.37. The standard InChI is InChI=1S/C5H3BrN2O2.C4H8O/c6-4-2-7-1-3(8-4)5(9)10;1-2-4-5-3-1/h1-2H,(H,9,10);1-4H2. The number of hydrogen-bond acceptors (Lipinski definition) is 4. The lowest BCUT2D eigenvalue weighted by Gasteiger charge is -1.90. The first kappa shape index (κ1) is 12.1. The quantitative estimate of drug-likeness (QED) is 0.845. The number of carbonyl (C=O) groups is 1. The highest BCUT2D eigenvalue weighted by Gasteiger charge is 2.03. The molecule has 0 radical (unpaired) electrons. The zero-order valence-corrected chi connectivity index (χ0v) is 9.61. The van der Waals surface area contributed by atoms with Crippen molar-refractivity contribution in [3.05, 3.63) is 22.7 Å². The van der Waals surface area contributed by atoms with Gasteiger partial charge in [0.1, 0.15) is 4.60 Å². The minimum absolute atomic E-state index is 0.0608. The van der Waals surface area contributed by atoms with Gasteiger partial charge in [-0.2, -0.15) is 0 Å². The lowest BCUT2D eigenvalue weighted by molar-refractivity contribution is 0.0689. The van der Waals surface area contributed by atoms with Crippen LogP contribution in [0, 0.1) is 0 Å². The molecule has 2 rings (SSSR count). The molecule has 0 amide bonds. The molecule has 0 aliphatic carbocycles. The van der Waals surface area contributed by atoms with Crippen molar-refractivity contribution in [2.24, 2.45) is 0 Å². The summed E-state index contributed by atoms with van der Waals surface area (Å²) >= 11 is 2.99. The van der Waals surface area contributed by atoms with Gasteiger partial charge in [-0.05, 0) is 28.8 Å². The highest BCUT2D eigenvalue weighted by molar-refractivity contribution is 9.10. The van der Waals surface area contributed by atoms with Crippen LogP contribution in [0.2, 0.25) is 0 Å². The molecule has 82 valence electrons. The van der Waals surface area contributed by atoms with Crippen LogP contribution in [-0.4, -0.2) is 34.3 Å². The Labute approximate surface area is 95.6 Å². The average molecular weight is 275 g/mol. The Morgan fingerprint density at radius 2 is 2.07 bits per heavy atom. The second-order valence-electron chi connectivity index (χ2n) is 2.85. The Bertz CT molecular complexity index is 321. The van der Waals surface area contributed by atoms with Crippen molar-refractivity contribution in [2.45, 2.75) is 12.8 Å². The third-order valence-electron chi connectivity index (χ3n) is 1.65. The van der Waals surface area contributed by atoms with E-state index in [9.17, 15) is 4.79 Å². The van der Waals surface area contributed by atoms with Gasteiger partial charge in [0.25, 0.3) is 0 Å². The maximum absolute atomic E-state index is 10.2. The number of carboxylic acids is 1. The maximum Gasteiger partial charge on any atom is 0.356 e. The first-order valence-electron chi connectivity index (χ1n) is 4.49. The third-order valence-corrected chi connectivity index (χ3v) is 2.03. The van der Waals surface area contributed by atoms with E-state index in [1.54, 1.807) is 0 Å². The maximum atomic E-state index is 10.2. The van der Waals surface area contributed by atoms with Crippen LogP contribution in [0.25, 0.3) is 0 Å². The van der Waals surface area contributed by atoms with Crippen LogP contribution in [0.4, 0.5) is 0 Å². The van der Waals surface area contributed by atoms with Gasteiger partial charge in [0.05, 0.1) is 12.4 Å². The van der Waals surface area contributed by atoms with E-state index in [2.05, 4.69) is 25.9 Å². The van der Waals surface area contributed by atoms with Crippen LogP contribution in [-0.2, 0) is 4.74 Å². The second kappa shape index (κ2) is 6.47. The van der Waals surface area contributed by atoms with E-state index >= 15 is 0 Å². The molecular formula is C9H11BrN2O3. The predicted molar refractivity (Wildman–Crippen MR) is 56.7 cm³/mol. The molecule has 1 saturated heterocycles. The van der Waals surface area contributed by atoms with Gasteiger partial charge in [0.2, 0.25) is 0 Å². The predicted octanol–water partition coefficient (Wildman–Crippen LogP) is 1.73. The molecule has 0 aromatic carbocycles. The fourth-order valence-electron chi connectivity index (χ4n) is 0.956. The summed E-state index contributed by atoms with van der Waals surface area (Å²) in [5.74, 6) is -1.08. The van der Waals surface area contributed by atoms with Gasteiger partial charge in [-0.15, -0.1) is 0 Å². The molecule has 15 heavy (non-hydrogen) atoms. The van der Waals surface area contributed by atoms with Crippen LogP contribution < -0.4 is 0 Å². The fourth-order valence-corrected chi connectivity index (χ4v) is 1.26. The van der Waals surface area contributed by atoms with Gasteiger partial charge in [0.15, 0.2) is 5.69 Å². The summed E-state index contributed by atoms with van der Waals surface area (Å²) in [5.41, 5.74) is -0.0608. The van der Waals surface area contributed by atoms with Gasteiger partial charge >= 0.3 is 5.97 Å². The topological polar surface area (TPSA) is 72.3 Å². The van der Waals surface area contributed by atoms with Gasteiger partial charge in [-0.25, -0.2) is 9.78 Å². The number of hydrogen-bond donors (Lipinski definition) is 1. The van der Waals surface area contributed by atoms with Crippen molar-refractivity contribution >= 4 is 21.9 Å². The van der Waals surface area contributed by atoms with Crippen LogP contribution >= 0.6 is 15.9 Å². The van der Waals surface area contributed by atoms with E-state index < -0.39 is 5.97 Å². The number of aromatic carboxylic acids is 1. The molecule has 0 saturated carbocycles.